The van der Waals surface area contributed by atoms with E-state index in [2.05, 4.69) is 10.6 Å². The molecule has 0 spiro atoms. The number of aryl methyl sites for hydroxylation is 1. The van der Waals surface area contributed by atoms with Gasteiger partial charge in [-0.1, -0.05) is 23.8 Å². The van der Waals surface area contributed by atoms with Crippen molar-refractivity contribution in [2.75, 3.05) is 18.4 Å². The first kappa shape index (κ1) is 22.4. The van der Waals surface area contributed by atoms with Gasteiger partial charge in [0.15, 0.2) is 0 Å². The number of benzene rings is 2. The largest absolute Gasteiger partial charge is 0.368 e. The van der Waals surface area contributed by atoms with E-state index in [0.717, 1.165) is 5.56 Å². The Morgan fingerprint density at radius 3 is 2.52 bits per heavy atom. The minimum Gasteiger partial charge on any atom is -0.368 e. The van der Waals surface area contributed by atoms with E-state index in [1.54, 1.807) is 24.3 Å². The standard InChI is InChI=1S/C21H24N4O5S/c1-14-7-9-17(10-8-14)31(29,30)25-11-3-6-18(25)21(28)24-16-5-2-4-15(12-16)20(27)23-13-19(22)26/h2,4-5,7-10,12,18H,3,6,11,13H2,1H3,(H2,22,26)(H,23,27)(H,24,28)/t18-/m0/s1. The Labute approximate surface area is 180 Å². The fourth-order valence-electron chi connectivity index (χ4n) is 3.37. The summed E-state index contributed by atoms with van der Waals surface area (Å²) in [5, 5.41) is 5.06. The first-order chi connectivity index (χ1) is 14.7. The summed E-state index contributed by atoms with van der Waals surface area (Å²) < 4.78 is 27.3. The van der Waals surface area contributed by atoms with Gasteiger partial charge in [0, 0.05) is 17.8 Å². The Hall–Kier alpha value is -3.24. The highest BCUT2D eigenvalue weighted by Gasteiger charge is 2.39. The third-order valence-corrected chi connectivity index (χ3v) is 6.87. The van der Waals surface area contributed by atoms with Gasteiger partial charge in [0.25, 0.3) is 5.91 Å². The van der Waals surface area contributed by atoms with E-state index in [-0.39, 0.29) is 23.5 Å². The van der Waals surface area contributed by atoms with Crippen molar-refractivity contribution in [3.8, 4) is 0 Å². The van der Waals surface area contributed by atoms with Crippen LogP contribution in [0.5, 0.6) is 0 Å². The summed E-state index contributed by atoms with van der Waals surface area (Å²) in [5.41, 5.74) is 6.53. The second-order valence-corrected chi connectivity index (χ2v) is 9.20. The third-order valence-electron chi connectivity index (χ3n) is 4.95. The minimum absolute atomic E-state index is 0.144. The summed E-state index contributed by atoms with van der Waals surface area (Å²) in [6.07, 6.45) is 0.967. The summed E-state index contributed by atoms with van der Waals surface area (Å²) in [7, 11) is -3.81. The molecule has 0 unspecified atom stereocenters. The number of nitrogens with one attached hydrogen (secondary N) is 2. The van der Waals surface area contributed by atoms with E-state index < -0.39 is 33.8 Å². The van der Waals surface area contributed by atoms with Gasteiger partial charge >= 0.3 is 0 Å². The van der Waals surface area contributed by atoms with Gasteiger partial charge in [0.1, 0.15) is 6.04 Å². The van der Waals surface area contributed by atoms with Crippen molar-refractivity contribution >= 4 is 33.4 Å². The minimum atomic E-state index is -3.81. The zero-order valence-corrected chi connectivity index (χ0v) is 17.8. The average Bonchev–Trinajstić information content (AvgIpc) is 3.23. The molecule has 10 heteroatoms. The molecule has 0 saturated carbocycles. The van der Waals surface area contributed by atoms with Gasteiger partial charge < -0.3 is 16.4 Å². The van der Waals surface area contributed by atoms with Gasteiger partial charge in [-0.3, -0.25) is 14.4 Å². The van der Waals surface area contributed by atoms with Crippen LogP contribution in [0.25, 0.3) is 0 Å². The molecule has 9 nitrogen and oxygen atoms in total. The molecule has 3 rings (SSSR count). The number of hydrogen-bond acceptors (Lipinski definition) is 5. The number of nitrogens with zero attached hydrogens (tertiary/aromatic N) is 1. The molecule has 1 aliphatic heterocycles. The van der Waals surface area contributed by atoms with Crippen molar-refractivity contribution in [1.82, 2.24) is 9.62 Å². The molecular weight excluding hydrogens is 420 g/mol. The van der Waals surface area contributed by atoms with Crippen molar-refractivity contribution in [3.05, 3.63) is 59.7 Å². The molecule has 0 radical (unpaired) electrons. The Bertz CT molecular complexity index is 1100. The summed E-state index contributed by atoms with van der Waals surface area (Å²) in [6.45, 7) is 1.82. The quantitative estimate of drug-likeness (QED) is 0.585. The van der Waals surface area contributed by atoms with E-state index >= 15 is 0 Å². The van der Waals surface area contributed by atoms with Crippen LogP contribution in [0.1, 0.15) is 28.8 Å². The Morgan fingerprint density at radius 1 is 1.13 bits per heavy atom. The van der Waals surface area contributed by atoms with Crippen LogP contribution in [0.2, 0.25) is 0 Å². The lowest BCUT2D eigenvalue weighted by Gasteiger charge is -2.23. The van der Waals surface area contributed by atoms with Gasteiger partial charge in [-0.05, 0) is 50.1 Å². The second kappa shape index (κ2) is 9.27. The van der Waals surface area contributed by atoms with Crippen molar-refractivity contribution in [3.63, 3.8) is 0 Å². The summed E-state index contributed by atoms with van der Waals surface area (Å²) >= 11 is 0. The highest BCUT2D eigenvalue weighted by Crippen LogP contribution is 2.27. The number of nitrogens with two attached hydrogens (primary N) is 1. The Kier molecular flexibility index (Phi) is 6.71. The van der Waals surface area contributed by atoms with Crippen LogP contribution < -0.4 is 16.4 Å². The van der Waals surface area contributed by atoms with Crippen LogP contribution in [-0.4, -0.2) is 49.6 Å². The van der Waals surface area contributed by atoms with Gasteiger partial charge in [-0.15, -0.1) is 0 Å². The maximum Gasteiger partial charge on any atom is 0.251 e. The SMILES string of the molecule is Cc1ccc(S(=O)(=O)N2CCC[C@H]2C(=O)Nc2cccc(C(=O)NCC(N)=O)c2)cc1. The van der Waals surface area contributed by atoms with Crippen LogP contribution in [0, 0.1) is 6.92 Å². The van der Waals surface area contributed by atoms with Crippen LogP contribution in [-0.2, 0) is 19.6 Å². The number of sulfonamides is 1. The van der Waals surface area contributed by atoms with Gasteiger partial charge in [0.05, 0.1) is 11.4 Å². The van der Waals surface area contributed by atoms with Crippen LogP contribution in [0.4, 0.5) is 5.69 Å². The van der Waals surface area contributed by atoms with Crippen LogP contribution in [0.3, 0.4) is 0 Å². The predicted octanol–water partition coefficient (Wildman–Crippen LogP) is 1.00. The van der Waals surface area contributed by atoms with Crippen molar-refractivity contribution < 1.29 is 22.8 Å². The summed E-state index contributed by atoms with van der Waals surface area (Å²) in [6, 6.07) is 11.8. The predicted molar refractivity (Wildman–Crippen MR) is 115 cm³/mol. The number of carbonyl (C=O) groups is 3. The molecule has 1 atom stereocenters. The monoisotopic (exact) mass is 444 g/mol. The van der Waals surface area contributed by atoms with Crippen molar-refractivity contribution in [1.29, 1.82) is 0 Å². The zero-order valence-electron chi connectivity index (χ0n) is 17.0. The van der Waals surface area contributed by atoms with Gasteiger partial charge in [0.2, 0.25) is 21.8 Å². The molecular formula is C21H24N4O5S. The number of hydrogen-bond donors (Lipinski definition) is 3. The highest BCUT2D eigenvalue weighted by molar-refractivity contribution is 7.89. The molecule has 0 aliphatic carbocycles. The fraction of sp³-hybridized carbons (Fsp3) is 0.286. The lowest BCUT2D eigenvalue weighted by molar-refractivity contribution is -0.119. The van der Waals surface area contributed by atoms with E-state index in [9.17, 15) is 22.8 Å². The molecule has 2 aromatic rings. The number of amides is 3. The molecule has 0 aromatic heterocycles. The third kappa shape index (κ3) is 5.28. The molecule has 1 heterocycles. The normalized spacial score (nSPS) is 16.6. The van der Waals surface area contributed by atoms with Crippen molar-refractivity contribution in [2.24, 2.45) is 5.73 Å². The van der Waals surface area contributed by atoms with E-state index in [1.165, 1.54) is 28.6 Å². The first-order valence-corrected chi connectivity index (χ1v) is 11.2. The molecule has 2 aromatic carbocycles. The lowest BCUT2D eigenvalue weighted by Crippen LogP contribution is -2.43. The van der Waals surface area contributed by atoms with E-state index in [0.29, 0.717) is 18.5 Å². The summed E-state index contributed by atoms with van der Waals surface area (Å²) in [4.78, 5) is 35.9. The van der Waals surface area contributed by atoms with E-state index in [4.69, 9.17) is 5.73 Å². The Balaban J connectivity index is 1.74. The second-order valence-electron chi connectivity index (χ2n) is 7.31. The van der Waals surface area contributed by atoms with E-state index in [1.807, 2.05) is 6.92 Å². The molecule has 3 amide bonds. The maximum atomic E-state index is 13.0. The van der Waals surface area contributed by atoms with Crippen LogP contribution in [0.15, 0.2) is 53.4 Å². The molecule has 0 bridgehead atoms. The maximum absolute atomic E-state index is 13.0. The highest BCUT2D eigenvalue weighted by atomic mass is 32.2. The average molecular weight is 445 g/mol. The summed E-state index contributed by atoms with van der Waals surface area (Å²) in [5.74, 6) is -1.66. The van der Waals surface area contributed by atoms with Crippen LogP contribution >= 0.6 is 0 Å². The zero-order chi connectivity index (χ0) is 22.6. The molecule has 1 fully saturated rings. The van der Waals surface area contributed by atoms with Gasteiger partial charge in [-0.2, -0.15) is 4.31 Å². The van der Waals surface area contributed by atoms with Gasteiger partial charge in [-0.25, -0.2) is 8.42 Å². The number of carbonyl (C=O) groups excluding carboxylic acids is 3. The Morgan fingerprint density at radius 2 is 1.84 bits per heavy atom. The number of anilines is 1. The number of rotatable bonds is 7. The fourth-order valence-corrected chi connectivity index (χ4v) is 5.03. The molecule has 31 heavy (non-hydrogen) atoms. The topological polar surface area (TPSA) is 139 Å². The molecule has 1 saturated heterocycles. The van der Waals surface area contributed by atoms with Crippen molar-refractivity contribution in [2.45, 2.75) is 30.7 Å². The smallest absolute Gasteiger partial charge is 0.251 e. The first-order valence-electron chi connectivity index (χ1n) is 9.74. The number of primary amides is 1. The molecule has 164 valence electrons. The molecule has 1 aliphatic rings. The molecule has 4 N–H and O–H groups in total. The lowest BCUT2D eigenvalue weighted by atomic mass is 10.1.